The van der Waals surface area contributed by atoms with E-state index in [4.69, 9.17) is 14.2 Å². The minimum absolute atomic E-state index is 0.271. The lowest BCUT2D eigenvalue weighted by Gasteiger charge is -2.17. The van der Waals surface area contributed by atoms with Gasteiger partial charge < -0.3 is 14.2 Å². The minimum Gasteiger partial charge on any atom is -0.371 e. The van der Waals surface area contributed by atoms with Crippen LogP contribution in [0.1, 0.15) is 19.4 Å². The maximum atomic E-state index is 5.59. The average molecular weight is 303 g/mol. The molecule has 0 heterocycles. The van der Waals surface area contributed by atoms with Gasteiger partial charge >= 0.3 is 0 Å². The predicted molar refractivity (Wildman–Crippen MR) is 70.8 cm³/mol. The van der Waals surface area contributed by atoms with Crippen molar-refractivity contribution in [3.05, 3.63) is 34.3 Å². The van der Waals surface area contributed by atoms with Crippen molar-refractivity contribution < 1.29 is 14.2 Å². The zero-order valence-corrected chi connectivity index (χ0v) is 11.9. The molecule has 1 rings (SSSR count). The summed E-state index contributed by atoms with van der Waals surface area (Å²) in [5.74, 6) is 0. The van der Waals surface area contributed by atoms with E-state index in [2.05, 4.69) is 15.9 Å². The van der Waals surface area contributed by atoms with Crippen LogP contribution < -0.4 is 0 Å². The highest BCUT2D eigenvalue weighted by Gasteiger charge is 2.08. The molecule has 0 aliphatic heterocycles. The van der Waals surface area contributed by atoms with Crippen LogP contribution in [0, 0.1) is 0 Å². The van der Waals surface area contributed by atoms with Gasteiger partial charge in [-0.15, -0.1) is 0 Å². The molecule has 17 heavy (non-hydrogen) atoms. The van der Waals surface area contributed by atoms with Gasteiger partial charge in [0, 0.05) is 17.7 Å². The molecule has 0 N–H and O–H groups in total. The number of hydrogen-bond donors (Lipinski definition) is 0. The summed E-state index contributed by atoms with van der Waals surface area (Å²) in [6.45, 7) is 6.15. The fourth-order valence-electron chi connectivity index (χ4n) is 1.40. The van der Waals surface area contributed by atoms with Crippen molar-refractivity contribution in [3.63, 3.8) is 0 Å². The topological polar surface area (TPSA) is 27.7 Å². The molecule has 0 unspecified atom stereocenters. The van der Waals surface area contributed by atoms with E-state index in [-0.39, 0.29) is 6.29 Å². The quantitative estimate of drug-likeness (QED) is 0.689. The van der Waals surface area contributed by atoms with E-state index in [0.29, 0.717) is 26.4 Å². The fourth-order valence-corrected chi connectivity index (χ4v) is 1.80. The molecule has 0 aliphatic carbocycles. The second kappa shape index (κ2) is 8.64. The molecule has 0 saturated heterocycles. The van der Waals surface area contributed by atoms with E-state index < -0.39 is 0 Å². The number of rotatable bonds is 8. The summed E-state index contributed by atoms with van der Waals surface area (Å²) in [6, 6.07) is 8.00. The van der Waals surface area contributed by atoms with Crippen LogP contribution in [-0.4, -0.2) is 26.1 Å². The van der Waals surface area contributed by atoms with Gasteiger partial charge in [0.1, 0.15) is 0 Å². The molecule has 4 heteroatoms. The predicted octanol–water partition coefficient (Wildman–Crippen LogP) is 3.36. The Bertz CT molecular complexity index is 311. The summed E-state index contributed by atoms with van der Waals surface area (Å²) in [7, 11) is 0. The lowest BCUT2D eigenvalue weighted by molar-refractivity contribution is -0.169. The molecule has 0 aliphatic rings. The number of hydrogen-bond acceptors (Lipinski definition) is 3. The highest BCUT2D eigenvalue weighted by Crippen LogP contribution is 2.16. The summed E-state index contributed by atoms with van der Waals surface area (Å²) >= 11 is 3.48. The first kappa shape index (κ1) is 14.6. The van der Waals surface area contributed by atoms with E-state index in [0.717, 1.165) is 10.0 Å². The Morgan fingerprint density at radius 3 is 2.35 bits per heavy atom. The van der Waals surface area contributed by atoms with Crippen molar-refractivity contribution >= 4 is 15.9 Å². The largest absolute Gasteiger partial charge is 0.371 e. The zero-order chi connectivity index (χ0) is 12.5. The standard InChI is InChI=1S/C13H19BrO3/c1-3-16-13(17-4-2)10-15-9-11-7-5-6-8-12(11)14/h5-8,13H,3-4,9-10H2,1-2H3. The summed E-state index contributed by atoms with van der Waals surface area (Å²) in [4.78, 5) is 0. The summed E-state index contributed by atoms with van der Waals surface area (Å²) in [5, 5.41) is 0. The highest BCUT2D eigenvalue weighted by molar-refractivity contribution is 9.10. The van der Waals surface area contributed by atoms with Crippen LogP contribution in [0.4, 0.5) is 0 Å². The van der Waals surface area contributed by atoms with Crippen LogP contribution in [0.25, 0.3) is 0 Å². The Hall–Kier alpha value is -0.420. The molecule has 0 radical (unpaired) electrons. The Morgan fingerprint density at radius 1 is 1.12 bits per heavy atom. The van der Waals surface area contributed by atoms with Crippen molar-refractivity contribution in [2.45, 2.75) is 26.7 Å². The molecule has 0 aromatic heterocycles. The van der Waals surface area contributed by atoms with Gasteiger partial charge in [0.05, 0.1) is 13.2 Å². The maximum absolute atomic E-state index is 5.59. The second-order valence-corrected chi connectivity index (χ2v) is 4.30. The van der Waals surface area contributed by atoms with E-state index in [9.17, 15) is 0 Å². The van der Waals surface area contributed by atoms with Gasteiger partial charge in [0.2, 0.25) is 0 Å². The van der Waals surface area contributed by atoms with Crippen LogP contribution in [-0.2, 0) is 20.8 Å². The molecule has 0 fully saturated rings. The van der Waals surface area contributed by atoms with E-state index in [1.54, 1.807) is 0 Å². The van der Waals surface area contributed by atoms with Crippen LogP contribution in [0.2, 0.25) is 0 Å². The molecule has 0 spiro atoms. The average Bonchev–Trinajstić information content (AvgIpc) is 2.32. The van der Waals surface area contributed by atoms with Gasteiger partial charge in [-0.1, -0.05) is 34.1 Å². The third-order valence-corrected chi connectivity index (χ3v) is 2.95. The van der Waals surface area contributed by atoms with Crippen molar-refractivity contribution in [1.82, 2.24) is 0 Å². The first-order chi connectivity index (χ1) is 8.27. The Balaban J connectivity index is 2.33. The molecule has 0 amide bonds. The highest BCUT2D eigenvalue weighted by atomic mass is 79.9. The maximum Gasteiger partial charge on any atom is 0.180 e. The molecule has 1 aromatic rings. The second-order valence-electron chi connectivity index (χ2n) is 3.45. The lowest BCUT2D eigenvalue weighted by Crippen LogP contribution is -2.23. The number of halogens is 1. The van der Waals surface area contributed by atoms with Crippen molar-refractivity contribution in [2.75, 3.05) is 19.8 Å². The smallest absolute Gasteiger partial charge is 0.180 e. The Morgan fingerprint density at radius 2 is 1.76 bits per heavy atom. The molecule has 1 aromatic carbocycles. The third kappa shape index (κ3) is 5.64. The van der Waals surface area contributed by atoms with Crippen LogP contribution in [0.15, 0.2) is 28.7 Å². The van der Waals surface area contributed by atoms with E-state index in [1.165, 1.54) is 0 Å². The molecule has 0 saturated carbocycles. The van der Waals surface area contributed by atoms with Gasteiger partial charge in [0.25, 0.3) is 0 Å². The van der Waals surface area contributed by atoms with Gasteiger partial charge in [-0.3, -0.25) is 0 Å². The zero-order valence-electron chi connectivity index (χ0n) is 10.3. The van der Waals surface area contributed by atoms with Crippen LogP contribution >= 0.6 is 15.9 Å². The van der Waals surface area contributed by atoms with Gasteiger partial charge in [-0.05, 0) is 25.5 Å². The normalized spacial score (nSPS) is 11.1. The number of ether oxygens (including phenoxy) is 3. The minimum atomic E-state index is -0.271. The lowest BCUT2D eigenvalue weighted by atomic mass is 10.2. The van der Waals surface area contributed by atoms with Crippen LogP contribution in [0.3, 0.4) is 0 Å². The van der Waals surface area contributed by atoms with E-state index in [1.807, 2.05) is 38.1 Å². The Kier molecular flexibility index (Phi) is 7.44. The van der Waals surface area contributed by atoms with Crippen molar-refractivity contribution in [3.8, 4) is 0 Å². The fraction of sp³-hybridized carbons (Fsp3) is 0.538. The summed E-state index contributed by atoms with van der Waals surface area (Å²) < 4.78 is 17.4. The van der Waals surface area contributed by atoms with Crippen LogP contribution in [0.5, 0.6) is 0 Å². The number of benzene rings is 1. The first-order valence-electron chi connectivity index (χ1n) is 5.82. The SMILES string of the molecule is CCOC(COCc1ccccc1Br)OCC. The van der Waals surface area contributed by atoms with Gasteiger partial charge in [-0.25, -0.2) is 0 Å². The molecule has 3 nitrogen and oxygen atoms in total. The molecule has 96 valence electrons. The molecular formula is C13H19BrO3. The van der Waals surface area contributed by atoms with E-state index >= 15 is 0 Å². The summed E-state index contributed by atoms with van der Waals surface area (Å²) in [6.07, 6.45) is -0.271. The summed E-state index contributed by atoms with van der Waals surface area (Å²) in [5.41, 5.74) is 1.12. The van der Waals surface area contributed by atoms with Gasteiger partial charge in [-0.2, -0.15) is 0 Å². The molecular weight excluding hydrogens is 284 g/mol. The van der Waals surface area contributed by atoms with Crippen molar-refractivity contribution in [2.24, 2.45) is 0 Å². The van der Waals surface area contributed by atoms with Gasteiger partial charge in [0.15, 0.2) is 6.29 Å². The Labute approximate surface area is 111 Å². The third-order valence-electron chi connectivity index (χ3n) is 2.17. The monoisotopic (exact) mass is 302 g/mol. The molecule has 0 bridgehead atoms. The van der Waals surface area contributed by atoms with Crippen molar-refractivity contribution in [1.29, 1.82) is 0 Å². The first-order valence-corrected chi connectivity index (χ1v) is 6.61. The molecule has 0 atom stereocenters.